The quantitative estimate of drug-likeness (QED) is 0.696. The zero-order valence-electron chi connectivity index (χ0n) is 14.1. The molecule has 0 aliphatic rings. The first-order chi connectivity index (χ1) is 12.3. The van der Waals surface area contributed by atoms with Crippen LogP contribution in [-0.2, 0) is 9.59 Å². The van der Waals surface area contributed by atoms with Crippen LogP contribution in [0.25, 0.3) is 0 Å². The number of carbonyl (C=O) groups excluding carboxylic acids is 3. The molecule has 2 aromatic rings. The second-order valence-electron chi connectivity index (χ2n) is 5.52. The van der Waals surface area contributed by atoms with Gasteiger partial charge in [-0.2, -0.15) is 0 Å². The summed E-state index contributed by atoms with van der Waals surface area (Å²) < 4.78 is 0.829. The van der Waals surface area contributed by atoms with Gasteiger partial charge in [0.1, 0.15) is 6.04 Å². The van der Waals surface area contributed by atoms with E-state index in [1.807, 2.05) is 0 Å². The summed E-state index contributed by atoms with van der Waals surface area (Å²) in [6.45, 7) is 1.42. The lowest BCUT2D eigenvalue weighted by molar-refractivity contribution is -0.134. The highest BCUT2D eigenvalue weighted by atomic mass is 79.9. The molecule has 0 aliphatic heterocycles. The van der Waals surface area contributed by atoms with E-state index in [-0.39, 0.29) is 24.3 Å². The van der Waals surface area contributed by atoms with Crippen molar-refractivity contribution in [1.82, 2.24) is 10.2 Å². The molecular formula is C17H17BrClN3O3S. The minimum absolute atomic E-state index is 0.158. The van der Waals surface area contributed by atoms with Gasteiger partial charge in [0.05, 0.1) is 25.9 Å². The molecule has 1 aromatic carbocycles. The van der Waals surface area contributed by atoms with Crippen LogP contribution in [0.3, 0.4) is 0 Å². The largest absolute Gasteiger partial charge is 0.340 e. The van der Waals surface area contributed by atoms with E-state index in [2.05, 4.69) is 26.6 Å². The van der Waals surface area contributed by atoms with Gasteiger partial charge in [-0.3, -0.25) is 14.4 Å². The van der Waals surface area contributed by atoms with Gasteiger partial charge >= 0.3 is 0 Å². The fraction of sp³-hybridized carbons (Fsp3) is 0.235. The van der Waals surface area contributed by atoms with Crippen LogP contribution in [0.2, 0.25) is 5.02 Å². The van der Waals surface area contributed by atoms with Gasteiger partial charge < -0.3 is 15.5 Å². The molecule has 0 aliphatic carbocycles. The highest BCUT2D eigenvalue weighted by molar-refractivity contribution is 9.11. The summed E-state index contributed by atoms with van der Waals surface area (Å²) in [4.78, 5) is 38.3. The number of hydrogen-bond donors (Lipinski definition) is 2. The van der Waals surface area contributed by atoms with Crippen molar-refractivity contribution < 1.29 is 14.4 Å². The molecule has 0 saturated heterocycles. The van der Waals surface area contributed by atoms with E-state index in [0.717, 1.165) is 3.79 Å². The molecule has 0 bridgehead atoms. The van der Waals surface area contributed by atoms with E-state index >= 15 is 0 Å². The van der Waals surface area contributed by atoms with Crippen molar-refractivity contribution in [3.63, 3.8) is 0 Å². The van der Waals surface area contributed by atoms with E-state index in [9.17, 15) is 14.4 Å². The van der Waals surface area contributed by atoms with E-state index < -0.39 is 6.04 Å². The number of halogens is 2. The third-order valence-electron chi connectivity index (χ3n) is 3.42. The Kier molecular flexibility index (Phi) is 7.19. The van der Waals surface area contributed by atoms with E-state index in [1.54, 1.807) is 43.3 Å². The van der Waals surface area contributed by atoms with Crippen LogP contribution in [0, 0.1) is 0 Å². The Hall–Kier alpha value is -1.90. The summed E-state index contributed by atoms with van der Waals surface area (Å²) in [7, 11) is 1.50. The van der Waals surface area contributed by atoms with Crippen molar-refractivity contribution in [2.45, 2.75) is 13.0 Å². The monoisotopic (exact) mass is 457 g/mol. The number of nitrogens with zero attached hydrogens (tertiary/aromatic N) is 1. The van der Waals surface area contributed by atoms with E-state index in [0.29, 0.717) is 15.6 Å². The number of carbonyl (C=O) groups is 3. The molecule has 2 N–H and O–H groups in total. The SMILES string of the molecule is CC(NC(=O)c1ccc(Br)s1)C(=O)N(C)CC(=O)Nc1ccccc1Cl. The zero-order valence-corrected chi connectivity index (χ0v) is 17.2. The van der Waals surface area contributed by atoms with Gasteiger partial charge in [0, 0.05) is 7.05 Å². The van der Waals surface area contributed by atoms with Crippen molar-refractivity contribution in [2.24, 2.45) is 0 Å². The van der Waals surface area contributed by atoms with Crippen molar-refractivity contribution in [1.29, 1.82) is 0 Å². The molecule has 0 spiro atoms. The fourth-order valence-electron chi connectivity index (χ4n) is 2.14. The Bertz CT molecular complexity index is 827. The van der Waals surface area contributed by atoms with Gasteiger partial charge in [-0.25, -0.2) is 0 Å². The lowest BCUT2D eigenvalue weighted by atomic mass is 10.2. The lowest BCUT2D eigenvalue weighted by Crippen LogP contribution is -2.47. The Morgan fingerprint density at radius 3 is 2.54 bits per heavy atom. The van der Waals surface area contributed by atoms with Crippen molar-refractivity contribution in [3.8, 4) is 0 Å². The predicted molar refractivity (Wildman–Crippen MR) is 107 cm³/mol. The first-order valence-corrected chi connectivity index (χ1v) is 9.62. The van der Waals surface area contributed by atoms with Gasteiger partial charge in [-0.1, -0.05) is 23.7 Å². The highest BCUT2D eigenvalue weighted by Crippen LogP contribution is 2.22. The van der Waals surface area contributed by atoms with E-state index in [1.165, 1.54) is 23.3 Å². The molecule has 0 fully saturated rings. The molecule has 1 unspecified atom stereocenters. The molecule has 1 atom stereocenters. The summed E-state index contributed by atoms with van der Waals surface area (Å²) in [5, 5.41) is 5.69. The van der Waals surface area contributed by atoms with Crippen LogP contribution < -0.4 is 10.6 Å². The number of anilines is 1. The van der Waals surface area contributed by atoms with Crippen LogP contribution in [0.4, 0.5) is 5.69 Å². The number of thiophene rings is 1. The number of nitrogens with one attached hydrogen (secondary N) is 2. The Labute approximate surface area is 168 Å². The van der Waals surface area contributed by atoms with Crippen LogP contribution in [0.5, 0.6) is 0 Å². The maximum atomic E-state index is 12.4. The molecule has 2 rings (SSSR count). The lowest BCUT2D eigenvalue weighted by Gasteiger charge is -2.21. The molecule has 138 valence electrons. The van der Waals surface area contributed by atoms with Crippen LogP contribution in [0.1, 0.15) is 16.6 Å². The highest BCUT2D eigenvalue weighted by Gasteiger charge is 2.22. The molecule has 9 heteroatoms. The van der Waals surface area contributed by atoms with Crippen molar-refractivity contribution in [2.75, 3.05) is 18.9 Å². The number of para-hydroxylation sites is 1. The second kappa shape index (κ2) is 9.16. The first kappa shape index (κ1) is 20.4. The van der Waals surface area contributed by atoms with Crippen LogP contribution in [0.15, 0.2) is 40.2 Å². The average molecular weight is 459 g/mol. The number of hydrogen-bond acceptors (Lipinski definition) is 4. The molecular weight excluding hydrogens is 442 g/mol. The van der Waals surface area contributed by atoms with Gasteiger partial charge in [-0.15, -0.1) is 11.3 Å². The van der Waals surface area contributed by atoms with Crippen molar-refractivity contribution >= 4 is 62.3 Å². The summed E-state index contributed by atoms with van der Waals surface area (Å²) in [6.07, 6.45) is 0. The topological polar surface area (TPSA) is 78.5 Å². The molecule has 0 radical (unpaired) electrons. The minimum atomic E-state index is -0.763. The maximum absolute atomic E-state index is 12.4. The first-order valence-electron chi connectivity index (χ1n) is 7.63. The smallest absolute Gasteiger partial charge is 0.262 e. The van der Waals surface area contributed by atoms with Crippen LogP contribution >= 0.6 is 38.9 Å². The fourth-order valence-corrected chi connectivity index (χ4v) is 3.61. The summed E-state index contributed by atoms with van der Waals surface area (Å²) in [5.41, 5.74) is 0.477. The third kappa shape index (κ3) is 5.55. The second-order valence-corrected chi connectivity index (χ2v) is 8.39. The summed E-state index contributed by atoms with van der Waals surface area (Å²) in [6, 6.07) is 9.50. The molecule has 3 amide bonds. The van der Waals surface area contributed by atoms with Gasteiger partial charge in [-0.05, 0) is 47.1 Å². The van der Waals surface area contributed by atoms with Gasteiger partial charge in [0.25, 0.3) is 5.91 Å². The molecule has 6 nitrogen and oxygen atoms in total. The standard InChI is InChI=1S/C17H17BrClN3O3S/c1-10(20-16(24)13-7-8-14(18)26-13)17(25)22(2)9-15(23)21-12-6-4-3-5-11(12)19/h3-8,10H,9H2,1-2H3,(H,20,24)(H,21,23). The molecule has 1 heterocycles. The number of likely N-dealkylation sites (N-methyl/N-ethyl adjacent to an activating group) is 1. The number of benzene rings is 1. The van der Waals surface area contributed by atoms with Crippen molar-refractivity contribution in [3.05, 3.63) is 50.1 Å². The molecule has 0 saturated carbocycles. The normalized spacial score (nSPS) is 11.5. The van der Waals surface area contributed by atoms with Crippen LogP contribution in [-0.4, -0.2) is 42.3 Å². The Balaban J connectivity index is 1.88. The Morgan fingerprint density at radius 2 is 1.92 bits per heavy atom. The zero-order chi connectivity index (χ0) is 19.3. The molecule has 26 heavy (non-hydrogen) atoms. The molecule has 1 aromatic heterocycles. The Morgan fingerprint density at radius 1 is 1.23 bits per heavy atom. The average Bonchev–Trinajstić information content (AvgIpc) is 3.02. The minimum Gasteiger partial charge on any atom is -0.340 e. The summed E-state index contributed by atoms with van der Waals surface area (Å²) in [5.74, 6) is -1.09. The predicted octanol–water partition coefficient (Wildman–Crippen LogP) is 3.38. The van der Waals surface area contributed by atoms with Gasteiger partial charge in [0.15, 0.2) is 0 Å². The van der Waals surface area contributed by atoms with E-state index in [4.69, 9.17) is 11.6 Å². The summed E-state index contributed by atoms with van der Waals surface area (Å²) >= 11 is 10.6. The number of amides is 3. The van der Waals surface area contributed by atoms with Gasteiger partial charge in [0.2, 0.25) is 11.8 Å². The maximum Gasteiger partial charge on any atom is 0.262 e. The third-order valence-corrected chi connectivity index (χ3v) is 5.37. The number of rotatable bonds is 6.